The first-order chi connectivity index (χ1) is 9.74. The van der Waals surface area contributed by atoms with Crippen LogP contribution < -0.4 is 19.5 Å². The number of hydrogen-bond donors (Lipinski definition) is 1. The first-order valence-electron chi connectivity index (χ1n) is 6.04. The fraction of sp³-hybridized carbons (Fsp3) is 0.286. The van der Waals surface area contributed by atoms with E-state index in [0.29, 0.717) is 28.8 Å². The average Bonchev–Trinajstić information content (AvgIpc) is 2.53. The smallest absolute Gasteiger partial charge is 0.187 e. The van der Waals surface area contributed by atoms with Gasteiger partial charge in [0.15, 0.2) is 11.6 Å². The molecule has 0 radical (unpaired) electrons. The summed E-state index contributed by atoms with van der Waals surface area (Å²) in [6.45, 7) is 0. The van der Waals surface area contributed by atoms with Crippen molar-refractivity contribution in [3.05, 3.63) is 24.5 Å². The second-order valence-electron chi connectivity index (χ2n) is 3.92. The minimum Gasteiger partial charge on any atom is -0.497 e. The highest BCUT2D eigenvalue weighted by molar-refractivity contribution is 5.77. The molecule has 1 aromatic heterocycles. The van der Waals surface area contributed by atoms with Gasteiger partial charge in [-0.15, -0.1) is 0 Å². The number of benzene rings is 1. The van der Waals surface area contributed by atoms with Crippen LogP contribution >= 0.6 is 0 Å². The normalized spacial score (nSPS) is 10.0. The van der Waals surface area contributed by atoms with Crippen LogP contribution in [0, 0.1) is 0 Å². The van der Waals surface area contributed by atoms with Crippen molar-refractivity contribution in [2.45, 2.75) is 0 Å². The largest absolute Gasteiger partial charge is 0.497 e. The molecule has 6 heteroatoms. The number of ether oxygens (including phenoxy) is 3. The average molecular weight is 275 g/mol. The van der Waals surface area contributed by atoms with Gasteiger partial charge >= 0.3 is 0 Å². The maximum absolute atomic E-state index is 5.40. The van der Waals surface area contributed by atoms with E-state index < -0.39 is 0 Å². The van der Waals surface area contributed by atoms with Crippen molar-refractivity contribution in [1.29, 1.82) is 0 Å². The summed E-state index contributed by atoms with van der Waals surface area (Å²) in [4.78, 5) is 8.43. The lowest BCUT2D eigenvalue weighted by Gasteiger charge is -2.14. The highest BCUT2D eigenvalue weighted by atomic mass is 16.5. The number of nitrogens with zero attached hydrogens (tertiary/aromatic N) is 2. The Morgan fingerprint density at radius 3 is 2.40 bits per heavy atom. The molecule has 1 N–H and O–H groups in total. The highest BCUT2D eigenvalue weighted by Crippen LogP contribution is 2.39. The van der Waals surface area contributed by atoms with Crippen LogP contribution in [0.4, 0.5) is 5.82 Å². The lowest BCUT2D eigenvalue weighted by Crippen LogP contribution is -2.01. The summed E-state index contributed by atoms with van der Waals surface area (Å²) in [5.41, 5.74) is 1.47. The van der Waals surface area contributed by atoms with Crippen molar-refractivity contribution in [1.82, 2.24) is 9.97 Å². The highest BCUT2D eigenvalue weighted by Gasteiger charge is 2.17. The molecule has 1 aromatic carbocycles. The number of nitrogens with one attached hydrogen (secondary N) is 1. The summed E-state index contributed by atoms with van der Waals surface area (Å²) in [5.74, 6) is 2.56. The SMILES string of the molecule is CNc1ncnc(-c2ccc(OC)cc2OC)c1OC. The molecule has 0 fully saturated rings. The predicted octanol–water partition coefficient (Wildman–Crippen LogP) is 2.21. The van der Waals surface area contributed by atoms with Crippen molar-refractivity contribution in [2.75, 3.05) is 33.7 Å². The fourth-order valence-electron chi connectivity index (χ4n) is 1.93. The topological polar surface area (TPSA) is 65.5 Å². The van der Waals surface area contributed by atoms with Crippen LogP contribution in [0.3, 0.4) is 0 Å². The van der Waals surface area contributed by atoms with E-state index in [9.17, 15) is 0 Å². The third kappa shape index (κ3) is 2.45. The quantitative estimate of drug-likeness (QED) is 0.902. The minimum absolute atomic E-state index is 0.568. The van der Waals surface area contributed by atoms with E-state index in [-0.39, 0.29) is 0 Å². The van der Waals surface area contributed by atoms with Crippen LogP contribution in [0.1, 0.15) is 0 Å². The Labute approximate surface area is 117 Å². The van der Waals surface area contributed by atoms with Crippen molar-refractivity contribution >= 4 is 5.82 Å². The Kier molecular flexibility index (Phi) is 4.24. The molecule has 0 aliphatic carbocycles. The first-order valence-corrected chi connectivity index (χ1v) is 6.04. The number of hydrogen-bond acceptors (Lipinski definition) is 6. The van der Waals surface area contributed by atoms with Crippen LogP contribution in [0.2, 0.25) is 0 Å². The third-order valence-corrected chi connectivity index (χ3v) is 2.91. The second kappa shape index (κ2) is 6.10. The summed E-state index contributed by atoms with van der Waals surface area (Å²) < 4.78 is 16.0. The predicted molar refractivity (Wildman–Crippen MR) is 76.7 cm³/mol. The molecule has 0 amide bonds. The van der Waals surface area contributed by atoms with Crippen LogP contribution in [0.25, 0.3) is 11.3 Å². The van der Waals surface area contributed by atoms with E-state index in [4.69, 9.17) is 14.2 Å². The van der Waals surface area contributed by atoms with Crippen molar-refractivity contribution in [2.24, 2.45) is 0 Å². The standard InChI is InChI=1S/C14H17N3O3/c1-15-14-13(20-4)12(16-8-17-14)10-6-5-9(18-2)7-11(10)19-3/h5-8H,1-4H3,(H,15,16,17). The molecule has 0 saturated carbocycles. The molecular formula is C14H17N3O3. The fourth-order valence-corrected chi connectivity index (χ4v) is 1.93. The molecule has 2 aromatic rings. The second-order valence-corrected chi connectivity index (χ2v) is 3.92. The molecule has 6 nitrogen and oxygen atoms in total. The van der Waals surface area contributed by atoms with Crippen molar-refractivity contribution in [3.63, 3.8) is 0 Å². The maximum Gasteiger partial charge on any atom is 0.187 e. The van der Waals surface area contributed by atoms with Crippen LogP contribution in [-0.4, -0.2) is 38.3 Å². The van der Waals surface area contributed by atoms with E-state index in [1.165, 1.54) is 6.33 Å². The molecule has 20 heavy (non-hydrogen) atoms. The lowest BCUT2D eigenvalue weighted by molar-refractivity contribution is 0.394. The maximum atomic E-state index is 5.40. The minimum atomic E-state index is 0.568. The van der Waals surface area contributed by atoms with Crippen LogP contribution in [0.5, 0.6) is 17.2 Å². The number of aromatic nitrogens is 2. The Morgan fingerprint density at radius 1 is 1.00 bits per heavy atom. The Morgan fingerprint density at radius 2 is 1.80 bits per heavy atom. The summed E-state index contributed by atoms with van der Waals surface area (Å²) in [6, 6.07) is 5.52. The van der Waals surface area contributed by atoms with Crippen LogP contribution in [-0.2, 0) is 0 Å². The zero-order chi connectivity index (χ0) is 14.5. The van der Waals surface area contributed by atoms with Gasteiger partial charge in [0.2, 0.25) is 0 Å². The van der Waals surface area contributed by atoms with Gasteiger partial charge in [0, 0.05) is 18.7 Å². The van der Waals surface area contributed by atoms with E-state index in [1.54, 1.807) is 34.4 Å². The lowest BCUT2D eigenvalue weighted by atomic mass is 10.1. The zero-order valence-electron chi connectivity index (χ0n) is 11.9. The van der Waals surface area contributed by atoms with Gasteiger partial charge in [0.1, 0.15) is 23.5 Å². The van der Waals surface area contributed by atoms with Crippen molar-refractivity contribution < 1.29 is 14.2 Å². The Bertz CT molecular complexity index is 602. The van der Waals surface area contributed by atoms with Gasteiger partial charge in [-0.05, 0) is 12.1 Å². The third-order valence-electron chi connectivity index (χ3n) is 2.91. The van der Waals surface area contributed by atoms with Crippen LogP contribution in [0.15, 0.2) is 24.5 Å². The molecule has 0 saturated heterocycles. The summed E-state index contributed by atoms with van der Waals surface area (Å²) in [7, 11) is 6.57. The molecule has 0 aliphatic rings. The molecule has 0 aliphatic heterocycles. The van der Waals surface area contributed by atoms with E-state index in [0.717, 1.165) is 5.56 Å². The molecule has 106 valence electrons. The molecule has 0 spiro atoms. The van der Waals surface area contributed by atoms with E-state index in [1.807, 2.05) is 12.1 Å². The van der Waals surface area contributed by atoms with Gasteiger partial charge in [-0.2, -0.15) is 0 Å². The molecule has 2 rings (SSSR count). The Balaban J connectivity index is 2.62. The van der Waals surface area contributed by atoms with Gasteiger partial charge in [-0.25, -0.2) is 9.97 Å². The number of rotatable bonds is 5. The van der Waals surface area contributed by atoms with E-state index >= 15 is 0 Å². The molecular weight excluding hydrogens is 258 g/mol. The van der Waals surface area contributed by atoms with Gasteiger partial charge < -0.3 is 19.5 Å². The summed E-state index contributed by atoms with van der Waals surface area (Å²) >= 11 is 0. The molecule has 0 unspecified atom stereocenters. The summed E-state index contributed by atoms with van der Waals surface area (Å²) in [5, 5.41) is 2.98. The summed E-state index contributed by atoms with van der Waals surface area (Å²) in [6.07, 6.45) is 1.48. The molecule has 1 heterocycles. The van der Waals surface area contributed by atoms with Gasteiger partial charge in [-0.1, -0.05) is 0 Å². The van der Waals surface area contributed by atoms with Gasteiger partial charge in [0.25, 0.3) is 0 Å². The zero-order valence-corrected chi connectivity index (χ0v) is 11.9. The first kappa shape index (κ1) is 13.9. The van der Waals surface area contributed by atoms with E-state index in [2.05, 4.69) is 15.3 Å². The van der Waals surface area contributed by atoms with Gasteiger partial charge in [0.05, 0.1) is 21.3 Å². The molecule has 0 bridgehead atoms. The van der Waals surface area contributed by atoms with Crippen molar-refractivity contribution in [3.8, 4) is 28.5 Å². The monoisotopic (exact) mass is 275 g/mol. The number of anilines is 1. The number of methoxy groups -OCH3 is 3. The van der Waals surface area contributed by atoms with Gasteiger partial charge in [-0.3, -0.25) is 0 Å². The Hall–Kier alpha value is -2.50. The molecule has 0 atom stereocenters.